The zero-order valence-electron chi connectivity index (χ0n) is 14.5. The van der Waals surface area contributed by atoms with Gasteiger partial charge >= 0.3 is 0 Å². The topological polar surface area (TPSA) is 91.2 Å². The summed E-state index contributed by atoms with van der Waals surface area (Å²) in [5, 5.41) is 13.0. The van der Waals surface area contributed by atoms with Crippen molar-refractivity contribution in [2.24, 2.45) is 4.99 Å². The van der Waals surface area contributed by atoms with Gasteiger partial charge in [0.15, 0.2) is 5.17 Å². The van der Waals surface area contributed by atoms with E-state index in [0.29, 0.717) is 6.42 Å². The number of aliphatic imine (C=N–C) groups is 1. The minimum Gasteiger partial charge on any atom is -0.490 e. The zero-order chi connectivity index (χ0) is 18.5. The molecule has 1 aromatic rings. The van der Waals surface area contributed by atoms with E-state index in [4.69, 9.17) is 14.6 Å². The van der Waals surface area contributed by atoms with E-state index in [-0.39, 0.29) is 18.5 Å². The maximum atomic E-state index is 12.3. The fourth-order valence-corrected chi connectivity index (χ4v) is 4.10. The van der Waals surface area contributed by atoms with Crippen molar-refractivity contribution in [2.45, 2.75) is 32.3 Å². The van der Waals surface area contributed by atoms with Crippen molar-refractivity contribution < 1.29 is 19.4 Å². The summed E-state index contributed by atoms with van der Waals surface area (Å²) in [5.74, 6) is 0.940. The maximum Gasteiger partial charge on any atom is 0.290 e. The average Bonchev–Trinajstić information content (AvgIpc) is 3.18. The SMILES string of the molecule is CC1Cc2cc(NC(=O)CC3=CSC4=NCCCN34)ccc2O1.O=CO. The number of ether oxygens (including phenoxy) is 1. The molecule has 0 aromatic heterocycles. The fraction of sp³-hybridized carbons (Fsp3) is 0.389. The van der Waals surface area contributed by atoms with Gasteiger partial charge in [0.2, 0.25) is 5.91 Å². The van der Waals surface area contributed by atoms with Crippen LogP contribution in [0.25, 0.3) is 0 Å². The maximum absolute atomic E-state index is 12.3. The predicted molar refractivity (Wildman–Crippen MR) is 101 cm³/mol. The van der Waals surface area contributed by atoms with E-state index in [1.165, 1.54) is 0 Å². The predicted octanol–water partition coefficient (Wildman–Crippen LogP) is 2.69. The van der Waals surface area contributed by atoms with Crippen LogP contribution >= 0.6 is 11.8 Å². The van der Waals surface area contributed by atoms with Gasteiger partial charge in [0.25, 0.3) is 6.47 Å². The zero-order valence-corrected chi connectivity index (χ0v) is 15.3. The van der Waals surface area contributed by atoms with Crippen molar-refractivity contribution >= 4 is 35.0 Å². The molecule has 138 valence electrons. The summed E-state index contributed by atoms with van der Waals surface area (Å²) in [6.07, 6.45) is 2.55. The Balaban J connectivity index is 0.000000613. The first-order chi connectivity index (χ1) is 12.6. The highest BCUT2D eigenvalue weighted by atomic mass is 32.2. The molecule has 3 aliphatic rings. The molecule has 0 radical (unpaired) electrons. The quantitative estimate of drug-likeness (QED) is 0.790. The molecule has 3 aliphatic heterocycles. The molecule has 1 atom stereocenters. The lowest BCUT2D eigenvalue weighted by atomic mass is 10.1. The monoisotopic (exact) mass is 375 g/mol. The van der Waals surface area contributed by atoms with Gasteiger partial charge in [-0.25, -0.2) is 0 Å². The number of nitrogens with zero attached hydrogens (tertiary/aromatic N) is 2. The highest BCUT2D eigenvalue weighted by molar-refractivity contribution is 8.16. The molecule has 3 heterocycles. The van der Waals surface area contributed by atoms with Crippen molar-refractivity contribution in [1.29, 1.82) is 0 Å². The van der Waals surface area contributed by atoms with Crippen LogP contribution in [0.3, 0.4) is 0 Å². The number of rotatable bonds is 3. The van der Waals surface area contributed by atoms with Crippen LogP contribution in [0.5, 0.6) is 5.75 Å². The van der Waals surface area contributed by atoms with E-state index in [2.05, 4.69) is 22.1 Å². The van der Waals surface area contributed by atoms with E-state index < -0.39 is 0 Å². The number of amidine groups is 1. The first-order valence-corrected chi connectivity index (χ1v) is 9.33. The van der Waals surface area contributed by atoms with E-state index in [1.54, 1.807) is 11.8 Å². The molecular weight excluding hydrogens is 354 g/mol. The molecule has 0 saturated carbocycles. The van der Waals surface area contributed by atoms with E-state index >= 15 is 0 Å². The molecule has 26 heavy (non-hydrogen) atoms. The largest absolute Gasteiger partial charge is 0.490 e. The minimum absolute atomic E-state index is 0.00980. The van der Waals surface area contributed by atoms with Gasteiger partial charge in [-0.15, -0.1) is 0 Å². The Labute approximate surface area is 156 Å². The van der Waals surface area contributed by atoms with E-state index in [1.807, 2.05) is 23.6 Å². The average molecular weight is 375 g/mol. The van der Waals surface area contributed by atoms with Crippen LogP contribution in [0.2, 0.25) is 0 Å². The Morgan fingerprint density at radius 2 is 2.35 bits per heavy atom. The molecule has 1 amide bonds. The molecule has 1 unspecified atom stereocenters. The van der Waals surface area contributed by atoms with Gasteiger partial charge in [-0.05, 0) is 42.5 Å². The second-order valence-electron chi connectivity index (χ2n) is 6.18. The lowest BCUT2D eigenvalue weighted by Gasteiger charge is -2.25. The summed E-state index contributed by atoms with van der Waals surface area (Å²) in [6.45, 7) is 3.65. The number of anilines is 1. The summed E-state index contributed by atoms with van der Waals surface area (Å²) in [4.78, 5) is 27.4. The molecule has 0 saturated heterocycles. The van der Waals surface area contributed by atoms with Crippen molar-refractivity contribution in [3.63, 3.8) is 0 Å². The second kappa shape index (κ2) is 8.27. The molecule has 0 bridgehead atoms. The van der Waals surface area contributed by atoms with Crippen molar-refractivity contribution in [1.82, 2.24) is 4.90 Å². The van der Waals surface area contributed by atoms with E-state index in [9.17, 15) is 4.79 Å². The molecule has 0 spiro atoms. The Kier molecular flexibility index (Phi) is 5.82. The fourth-order valence-electron chi connectivity index (χ4n) is 3.14. The number of fused-ring (bicyclic) bond motifs is 2. The molecule has 0 aliphatic carbocycles. The minimum atomic E-state index is -0.250. The Bertz CT molecular complexity index is 763. The number of hydrogen-bond donors (Lipinski definition) is 2. The second-order valence-corrected chi connectivity index (χ2v) is 7.02. The molecule has 0 fully saturated rings. The van der Waals surface area contributed by atoms with Crippen LogP contribution in [0, 0.1) is 0 Å². The number of carboxylic acid groups (broad SMARTS) is 1. The number of amides is 1. The summed E-state index contributed by atoms with van der Waals surface area (Å²) < 4.78 is 5.69. The summed E-state index contributed by atoms with van der Waals surface area (Å²) in [7, 11) is 0. The van der Waals surface area contributed by atoms with Crippen LogP contribution < -0.4 is 10.1 Å². The molecular formula is C18H21N3O4S. The number of carbonyl (C=O) groups is 2. The van der Waals surface area contributed by atoms with Crippen molar-refractivity contribution in [3.8, 4) is 5.75 Å². The standard InChI is InChI=1S/C17H19N3O2S.CH2O2/c1-11-7-12-8-13(3-4-15(12)22-11)19-16(21)9-14-10-23-17-18-5-2-6-20(14)17;2-1-3/h3-4,8,10-11H,2,5-7,9H2,1H3,(H,19,21);1H,(H,2,3). The number of benzene rings is 1. The number of carbonyl (C=O) groups excluding carboxylic acids is 1. The first kappa shape index (κ1) is 18.3. The molecule has 4 rings (SSSR count). The van der Waals surface area contributed by atoms with Crippen LogP contribution in [0.4, 0.5) is 5.69 Å². The summed E-state index contributed by atoms with van der Waals surface area (Å²) in [5.41, 5.74) is 3.05. The number of nitrogens with one attached hydrogen (secondary N) is 1. The lowest BCUT2D eigenvalue weighted by molar-refractivity contribution is -0.123. The first-order valence-electron chi connectivity index (χ1n) is 8.45. The summed E-state index contributed by atoms with van der Waals surface area (Å²) in [6, 6.07) is 5.86. The smallest absolute Gasteiger partial charge is 0.290 e. The third kappa shape index (κ3) is 4.19. The lowest BCUT2D eigenvalue weighted by Crippen LogP contribution is -2.31. The number of thioether (sulfide) groups is 1. The number of hydrogen-bond acceptors (Lipinski definition) is 6. The Hall–Kier alpha value is -2.48. The van der Waals surface area contributed by atoms with E-state index in [0.717, 1.165) is 53.8 Å². The Morgan fingerprint density at radius 3 is 3.15 bits per heavy atom. The third-order valence-corrected chi connectivity index (χ3v) is 5.14. The van der Waals surface area contributed by atoms with Gasteiger partial charge in [-0.2, -0.15) is 0 Å². The van der Waals surface area contributed by atoms with Crippen LogP contribution in [-0.4, -0.2) is 46.7 Å². The normalized spacial score (nSPS) is 19.9. The third-order valence-electron chi connectivity index (χ3n) is 4.19. The molecule has 2 N–H and O–H groups in total. The van der Waals surface area contributed by atoms with Crippen LogP contribution in [0.1, 0.15) is 25.3 Å². The van der Waals surface area contributed by atoms with Gasteiger partial charge in [0.05, 0.1) is 6.42 Å². The Morgan fingerprint density at radius 1 is 1.54 bits per heavy atom. The van der Waals surface area contributed by atoms with Gasteiger partial charge in [-0.3, -0.25) is 14.6 Å². The van der Waals surface area contributed by atoms with Gasteiger partial charge < -0.3 is 20.1 Å². The molecule has 7 nitrogen and oxygen atoms in total. The van der Waals surface area contributed by atoms with Gasteiger partial charge in [0, 0.05) is 30.9 Å². The van der Waals surface area contributed by atoms with Crippen molar-refractivity contribution in [2.75, 3.05) is 18.4 Å². The van der Waals surface area contributed by atoms with Crippen LogP contribution in [-0.2, 0) is 16.0 Å². The van der Waals surface area contributed by atoms with Gasteiger partial charge in [0.1, 0.15) is 11.9 Å². The highest BCUT2D eigenvalue weighted by Gasteiger charge is 2.26. The highest BCUT2D eigenvalue weighted by Crippen LogP contribution is 2.32. The van der Waals surface area contributed by atoms with Crippen LogP contribution in [0.15, 0.2) is 34.3 Å². The van der Waals surface area contributed by atoms with Gasteiger partial charge in [-0.1, -0.05) is 11.8 Å². The molecule has 8 heteroatoms. The molecule has 1 aromatic carbocycles. The summed E-state index contributed by atoms with van der Waals surface area (Å²) >= 11 is 1.62. The van der Waals surface area contributed by atoms with Crippen molar-refractivity contribution in [3.05, 3.63) is 34.9 Å².